The van der Waals surface area contributed by atoms with Crippen LogP contribution in [-0.2, 0) is 6.54 Å². The van der Waals surface area contributed by atoms with Crippen molar-refractivity contribution in [1.82, 2.24) is 5.32 Å². The van der Waals surface area contributed by atoms with Crippen LogP contribution in [0.3, 0.4) is 0 Å². The molecular formula is C13H20ClNO. The number of rotatable bonds is 6. The topological polar surface area (TPSA) is 32.3 Å². The maximum absolute atomic E-state index is 9.13. The van der Waals surface area contributed by atoms with Gasteiger partial charge in [-0.15, -0.1) is 11.6 Å². The first-order chi connectivity index (χ1) is 7.58. The minimum atomic E-state index is 0.192. The third-order valence-electron chi connectivity index (χ3n) is 2.36. The lowest BCUT2D eigenvalue weighted by Gasteiger charge is -2.12. The molecule has 2 nitrogen and oxygen atoms in total. The van der Waals surface area contributed by atoms with E-state index in [1.807, 2.05) is 12.1 Å². The lowest BCUT2D eigenvalue weighted by molar-refractivity contribution is 0.475. The van der Waals surface area contributed by atoms with Gasteiger partial charge in [0.25, 0.3) is 0 Å². The molecule has 0 aliphatic heterocycles. The van der Waals surface area contributed by atoms with Crippen molar-refractivity contribution < 1.29 is 5.11 Å². The minimum Gasteiger partial charge on any atom is -0.508 e. The van der Waals surface area contributed by atoms with Crippen LogP contribution in [0.2, 0.25) is 0 Å². The molecule has 0 aliphatic carbocycles. The second kappa shape index (κ2) is 6.77. The molecule has 0 saturated carbocycles. The Morgan fingerprint density at radius 2 is 1.88 bits per heavy atom. The summed E-state index contributed by atoms with van der Waals surface area (Å²) in [5.74, 6) is 0.941. The van der Waals surface area contributed by atoms with Crippen molar-refractivity contribution in [2.45, 2.75) is 32.2 Å². The normalized spacial score (nSPS) is 13.0. The summed E-state index contributed by atoms with van der Waals surface area (Å²) in [5.41, 5.74) is 1.16. The highest BCUT2D eigenvalue weighted by Gasteiger charge is 2.06. The summed E-state index contributed by atoms with van der Waals surface area (Å²) in [6, 6.07) is 7.22. The van der Waals surface area contributed by atoms with Crippen LogP contribution in [0.25, 0.3) is 0 Å². The molecule has 0 heterocycles. The SMILES string of the molecule is CC(C)CC(Cl)CNCc1ccc(O)cc1. The van der Waals surface area contributed by atoms with Crippen LogP contribution < -0.4 is 5.32 Å². The maximum atomic E-state index is 9.13. The molecule has 0 saturated heterocycles. The molecule has 0 fully saturated rings. The molecule has 0 aliphatic rings. The molecule has 1 rings (SSSR count). The molecule has 0 spiro atoms. The second-order valence-corrected chi connectivity index (χ2v) is 5.14. The zero-order valence-electron chi connectivity index (χ0n) is 9.91. The first-order valence-corrected chi connectivity index (χ1v) is 6.14. The standard InChI is InChI=1S/C13H20ClNO/c1-10(2)7-12(14)9-15-8-11-3-5-13(16)6-4-11/h3-6,10,12,15-16H,7-9H2,1-2H3. The molecular weight excluding hydrogens is 222 g/mol. The van der Waals surface area contributed by atoms with E-state index in [9.17, 15) is 0 Å². The first-order valence-electron chi connectivity index (χ1n) is 5.70. The number of hydrogen-bond acceptors (Lipinski definition) is 2. The number of nitrogens with one attached hydrogen (secondary N) is 1. The van der Waals surface area contributed by atoms with Gasteiger partial charge in [-0.1, -0.05) is 26.0 Å². The maximum Gasteiger partial charge on any atom is 0.115 e. The van der Waals surface area contributed by atoms with E-state index in [0.29, 0.717) is 11.7 Å². The Balaban J connectivity index is 2.22. The monoisotopic (exact) mass is 241 g/mol. The van der Waals surface area contributed by atoms with Crippen molar-refractivity contribution >= 4 is 11.6 Å². The van der Waals surface area contributed by atoms with Crippen LogP contribution in [-0.4, -0.2) is 17.0 Å². The highest BCUT2D eigenvalue weighted by molar-refractivity contribution is 6.20. The first kappa shape index (κ1) is 13.3. The molecule has 1 atom stereocenters. The van der Waals surface area contributed by atoms with E-state index in [4.69, 9.17) is 16.7 Å². The predicted octanol–water partition coefficient (Wildman–Crippen LogP) is 3.14. The average molecular weight is 242 g/mol. The summed E-state index contributed by atoms with van der Waals surface area (Å²) >= 11 is 6.16. The van der Waals surface area contributed by atoms with E-state index in [1.54, 1.807) is 12.1 Å². The molecule has 16 heavy (non-hydrogen) atoms. The fourth-order valence-corrected chi connectivity index (χ4v) is 2.05. The number of hydrogen-bond donors (Lipinski definition) is 2. The van der Waals surface area contributed by atoms with Crippen molar-refractivity contribution in [1.29, 1.82) is 0 Å². The zero-order chi connectivity index (χ0) is 12.0. The third-order valence-corrected chi connectivity index (χ3v) is 2.69. The van der Waals surface area contributed by atoms with Crippen molar-refractivity contribution in [2.24, 2.45) is 5.92 Å². The summed E-state index contributed by atoms with van der Waals surface area (Å²) in [7, 11) is 0. The van der Waals surface area contributed by atoms with E-state index in [-0.39, 0.29) is 5.38 Å². The minimum absolute atomic E-state index is 0.192. The molecule has 0 bridgehead atoms. The van der Waals surface area contributed by atoms with E-state index < -0.39 is 0 Å². The van der Waals surface area contributed by atoms with Gasteiger partial charge in [-0.2, -0.15) is 0 Å². The number of benzene rings is 1. The molecule has 0 aromatic heterocycles. The predicted molar refractivity (Wildman–Crippen MR) is 68.9 cm³/mol. The molecule has 0 amide bonds. The van der Waals surface area contributed by atoms with Crippen LogP contribution in [0, 0.1) is 5.92 Å². The Morgan fingerprint density at radius 3 is 2.44 bits per heavy atom. The Morgan fingerprint density at radius 1 is 1.25 bits per heavy atom. The van der Waals surface area contributed by atoms with E-state index >= 15 is 0 Å². The smallest absolute Gasteiger partial charge is 0.115 e. The third kappa shape index (κ3) is 5.38. The Kier molecular flexibility index (Phi) is 5.64. The summed E-state index contributed by atoms with van der Waals surface area (Å²) in [6.07, 6.45) is 1.03. The van der Waals surface area contributed by atoms with Gasteiger partial charge in [0.2, 0.25) is 0 Å². The quantitative estimate of drug-likeness (QED) is 0.750. The average Bonchev–Trinajstić information content (AvgIpc) is 2.20. The van der Waals surface area contributed by atoms with Gasteiger partial charge in [0.05, 0.1) is 0 Å². The van der Waals surface area contributed by atoms with Crippen molar-refractivity contribution in [2.75, 3.05) is 6.54 Å². The molecule has 1 unspecified atom stereocenters. The van der Waals surface area contributed by atoms with Gasteiger partial charge < -0.3 is 10.4 Å². The van der Waals surface area contributed by atoms with Gasteiger partial charge in [0, 0.05) is 18.5 Å². The van der Waals surface area contributed by atoms with Gasteiger partial charge in [-0.3, -0.25) is 0 Å². The number of aromatic hydroxyl groups is 1. The van der Waals surface area contributed by atoms with Crippen molar-refractivity contribution in [3.63, 3.8) is 0 Å². The largest absolute Gasteiger partial charge is 0.508 e. The van der Waals surface area contributed by atoms with Crippen LogP contribution in [0.15, 0.2) is 24.3 Å². The highest BCUT2D eigenvalue weighted by atomic mass is 35.5. The second-order valence-electron chi connectivity index (χ2n) is 4.52. The molecule has 3 heteroatoms. The van der Waals surface area contributed by atoms with Gasteiger partial charge in [0.15, 0.2) is 0 Å². The lowest BCUT2D eigenvalue weighted by Crippen LogP contribution is -2.23. The molecule has 2 N–H and O–H groups in total. The summed E-state index contributed by atoms with van der Waals surface area (Å²) < 4.78 is 0. The van der Waals surface area contributed by atoms with Gasteiger partial charge >= 0.3 is 0 Å². The Labute approximate surface area is 103 Å². The fourth-order valence-electron chi connectivity index (χ4n) is 1.58. The molecule has 90 valence electrons. The molecule has 0 radical (unpaired) electrons. The highest BCUT2D eigenvalue weighted by Crippen LogP contribution is 2.11. The van der Waals surface area contributed by atoms with E-state index in [2.05, 4.69) is 19.2 Å². The number of halogens is 1. The van der Waals surface area contributed by atoms with Crippen molar-refractivity contribution in [3.05, 3.63) is 29.8 Å². The summed E-state index contributed by atoms with van der Waals surface area (Å²) in [6.45, 7) is 5.97. The molecule has 1 aromatic rings. The van der Waals surface area contributed by atoms with Crippen LogP contribution >= 0.6 is 11.6 Å². The number of phenols is 1. The number of phenolic OH excluding ortho intramolecular Hbond substituents is 1. The zero-order valence-corrected chi connectivity index (χ0v) is 10.7. The fraction of sp³-hybridized carbons (Fsp3) is 0.538. The van der Waals surface area contributed by atoms with Crippen molar-refractivity contribution in [3.8, 4) is 5.75 Å². The lowest BCUT2D eigenvalue weighted by atomic mass is 10.1. The Hall–Kier alpha value is -0.730. The van der Waals surface area contributed by atoms with E-state index in [0.717, 1.165) is 25.1 Å². The van der Waals surface area contributed by atoms with Crippen LogP contribution in [0.4, 0.5) is 0 Å². The van der Waals surface area contributed by atoms with Gasteiger partial charge in [-0.05, 0) is 30.0 Å². The number of alkyl halides is 1. The van der Waals surface area contributed by atoms with E-state index in [1.165, 1.54) is 0 Å². The van der Waals surface area contributed by atoms with Gasteiger partial charge in [-0.25, -0.2) is 0 Å². The van der Waals surface area contributed by atoms with Gasteiger partial charge in [0.1, 0.15) is 5.75 Å². The summed E-state index contributed by atoms with van der Waals surface area (Å²) in [5, 5.41) is 12.6. The summed E-state index contributed by atoms with van der Waals surface area (Å²) in [4.78, 5) is 0. The molecule has 1 aromatic carbocycles. The van der Waals surface area contributed by atoms with Crippen LogP contribution in [0.5, 0.6) is 5.75 Å². The Bertz CT molecular complexity index is 297. The van der Waals surface area contributed by atoms with Crippen LogP contribution in [0.1, 0.15) is 25.8 Å².